The summed E-state index contributed by atoms with van der Waals surface area (Å²) >= 11 is 0. The maximum atomic E-state index is 5.61. The Morgan fingerprint density at radius 3 is 2.00 bits per heavy atom. The number of hydrogen-bond donors (Lipinski definition) is 1. The molecule has 0 radical (unpaired) electrons. The number of methoxy groups -OCH3 is 3. The quantitative estimate of drug-likeness (QED) is 0.883. The lowest BCUT2D eigenvalue weighted by atomic mass is 10.2. The summed E-state index contributed by atoms with van der Waals surface area (Å²) in [6, 6.07) is 5.46. The zero-order valence-corrected chi connectivity index (χ0v) is 10.9. The SMILES string of the molecule is COc1cc(OC)cc(-c2nc(N)nc(OC)n2)c1. The monoisotopic (exact) mass is 262 g/mol. The Morgan fingerprint density at radius 2 is 1.47 bits per heavy atom. The van der Waals surface area contributed by atoms with E-state index >= 15 is 0 Å². The summed E-state index contributed by atoms with van der Waals surface area (Å²) < 4.78 is 15.3. The fourth-order valence-corrected chi connectivity index (χ4v) is 1.53. The van der Waals surface area contributed by atoms with E-state index in [0.717, 1.165) is 0 Å². The standard InChI is InChI=1S/C12H14N4O3/c1-17-8-4-7(5-9(6-8)18-2)10-14-11(13)16-12(15-10)19-3/h4-6H,1-3H3,(H2,13,14,15,16). The van der Waals surface area contributed by atoms with Crippen molar-refractivity contribution in [1.29, 1.82) is 0 Å². The Bertz CT molecular complexity index is 567. The van der Waals surface area contributed by atoms with E-state index in [9.17, 15) is 0 Å². The molecule has 0 unspecified atom stereocenters. The number of anilines is 1. The second kappa shape index (κ2) is 5.38. The molecule has 0 fully saturated rings. The van der Waals surface area contributed by atoms with E-state index < -0.39 is 0 Å². The van der Waals surface area contributed by atoms with Crippen LogP contribution in [0.25, 0.3) is 11.4 Å². The molecule has 7 nitrogen and oxygen atoms in total. The summed E-state index contributed by atoms with van der Waals surface area (Å²) in [7, 11) is 4.60. The Balaban J connectivity index is 2.54. The lowest BCUT2D eigenvalue weighted by Gasteiger charge is -2.08. The van der Waals surface area contributed by atoms with Crippen molar-refractivity contribution in [2.75, 3.05) is 27.1 Å². The van der Waals surface area contributed by atoms with Crippen LogP contribution in [0, 0.1) is 0 Å². The Kier molecular flexibility index (Phi) is 3.65. The number of rotatable bonds is 4. The smallest absolute Gasteiger partial charge is 0.321 e. The van der Waals surface area contributed by atoms with Gasteiger partial charge < -0.3 is 19.9 Å². The van der Waals surface area contributed by atoms with Crippen LogP contribution in [0.3, 0.4) is 0 Å². The molecule has 0 aliphatic rings. The van der Waals surface area contributed by atoms with Gasteiger partial charge in [0.15, 0.2) is 5.82 Å². The Hall–Kier alpha value is -2.57. The molecule has 0 aliphatic carbocycles. The van der Waals surface area contributed by atoms with Crippen LogP contribution in [-0.2, 0) is 0 Å². The van der Waals surface area contributed by atoms with Crippen molar-refractivity contribution in [3.05, 3.63) is 18.2 Å². The Labute approximate surface area is 110 Å². The summed E-state index contributed by atoms with van der Waals surface area (Å²) in [4.78, 5) is 12.0. The summed E-state index contributed by atoms with van der Waals surface area (Å²) in [6.45, 7) is 0. The van der Waals surface area contributed by atoms with Crippen LogP contribution >= 0.6 is 0 Å². The molecular weight excluding hydrogens is 248 g/mol. The van der Waals surface area contributed by atoms with Gasteiger partial charge in [-0.15, -0.1) is 0 Å². The molecule has 0 saturated heterocycles. The van der Waals surface area contributed by atoms with Gasteiger partial charge in [0.05, 0.1) is 21.3 Å². The topological polar surface area (TPSA) is 92.4 Å². The molecule has 2 aromatic rings. The van der Waals surface area contributed by atoms with Gasteiger partial charge in [-0.2, -0.15) is 15.0 Å². The molecule has 1 aromatic carbocycles. The Morgan fingerprint density at radius 1 is 0.842 bits per heavy atom. The minimum Gasteiger partial charge on any atom is -0.497 e. The summed E-state index contributed by atoms with van der Waals surface area (Å²) in [6.07, 6.45) is 0. The third-order valence-electron chi connectivity index (χ3n) is 2.42. The van der Waals surface area contributed by atoms with Crippen LogP contribution < -0.4 is 19.9 Å². The van der Waals surface area contributed by atoms with E-state index in [1.165, 1.54) is 7.11 Å². The van der Waals surface area contributed by atoms with Crippen molar-refractivity contribution in [3.63, 3.8) is 0 Å². The first kappa shape index (κ1) is 12.9. The lowest BCUT2D eigenvalue weighted by molar-refractivity contribution is 0.379. The highest BCUT2D eigenvalue weighted by Crippen LogP contribution is 2.28. The number of nitrogens with zero attached hydrogens (tertiary/aromatic N) is 3. The van der Waals surface area contributed by atoms with Gasteiger partial charge >= 0.3 is 6.01 Å². The van der Waals surface area contributed by atoms with Crippen molar-refractivity contribution in [2.24, 2.45) is 0 Å². The first-order chi connectivity index (χ1) is 9.16. The van der Waals surface area contributed by atoms with Crippen LogP contribution in [-0.4, -0.2) is 36.3 Å². The van der Waals surface area contributed by atoms with Gasteiger partial charge in [-0.05, 0) is 12.1 Å². The van der Waals surface area contributed by atoms with Gasteiger partial charge in [-0.3, -0.25) is 0 Å². The van der Waals surface area contributed by atoms with Crippen LogP contribution in [0.15, 0.2) is 18.2 Å². The van der Waals surface area contributed by atoms with E-state index in [0.29, 0.717) is 22.9 Å². The molecule has 0 bridgehead atoms. The first-order valence-electron chi connectivity index (χ1n) is 5.45. The number of nitrogens with two attached hydrogens (primary N) is 1. The van der Waals surface area contributed by atoms with Gasteiger partial charge in [-0.1, -0.05) is 0 Å². The fourth-order valence-electron chi connectivity index (χ4n) is 1.53. The molecule has 0 atom stereocenters. The minimum absolute atomic E-state index is 0.0867. The maximum absolute atomic E-state index is 5.61. The average molecular weight is 262 g/mol. The molecule has 0 amide bonds. The van der Waals surface area contributed by atoms with Crippen molar-refractivity contribution in [1.82, 2.24) is 15.0 Å². The number of aromatic nitrogens is 3. The van der Waals surface area contributed by atoms with Gasteiger partial charge in [0.1, 0.15) is 11.5 Å². The van der Waals surface area contributed by atoms with Crippen molar-refractivity contribution in [2.45, 2.75) is 0 Å². The van der Waals surface area contributed by atoms with E-state index in [1.54, 1.807) is 32.4 Å². The third-order valence-corrected chi connectivity index (χ3v) is 2.42. The number of benzene rings is 1. The minimum atomic E-state index is 0.0867. The first-order valence-corrected chi connectivity index (χ1v) is 5.45. The van der Waals surface area contributed by atoms with Gasteiger partial charge in [0.25, 0.3) is 0 Å². The predicted molar refractivity (Wildman–Crippen MR) is 69.3 cm³/mol. The second-order valence-electron chi connectivity index (χ2n) is 3.61. The van der Waals surface area contributed by atoms with E-state index in [2.05, 4.69) is 15.0 Å². The molecule has 0 spiro atoms. The van der Waals surface area contributed by atoms with Gasteiger partial charge in [0, 0.05) is 11.6 Å². The van der Waals surface area contributed by atoms with Crippen LogP contribution in [0.5, 0.6) is 17.5 Å². The van der Waals surface area contributed by atoms with Crippen LogP contribution in [0.4, 0.5) is 5.95 Å². The van der Waals surface area contributed by atoms with Gasteiger partial charge in [0.2, 0.25) is 5.95 Å². The lowest BCUT2D eigenvalue weighted by Crippen LogP contribution is -2.02. The van der Waals surface area contributed by atoms with E-state index in [4.69, 9.17) is 19.9 Å². The molecular formula is C12H14N4O3. The largest absolute Gasteiger partial charge is 0.497 e. The molecule has 1 aromatic heterocycles. The van der Waals surface area contributed by atoms with Crippen molar-refractivity contribution < 1.29 is 14.2 Å². The molecule has 2 N–H and O–H groups in total. The number of ether oxygens (including phenoxy) is 3. The van der Waals surface area contributed by atoms with Crippen molar-refractivity contribution in [3.8, 4) is 28.9 Å². The molecule has 2 rings (SSSR count). The zero-order chi connectivity index (χ0) is 13.8. The van der Waals surface area contributed by atoms with Gasteiger partial charge in [-0.25, -0.2) is 0 Å². The number of hydrogen-bond acceptors (Lipinski definition) is 7. The highest BCUT2D eigenvalue weighted by Gasteiger charge is 2.10. The summed E-state index contributed by atoms with van der Waals surface area (Å²) in [5.41, 5.74) is 6.31. The van der Waals surface area contributed by atoms with Crippen molar-refractivity contribution >= 4 is 5.95 Å². The predicted octanol–water partition coefficient (Wildman–Crippen LogP) is 1.15. The summed E-state index contributed by atoms with van der Waals surface area (Å²) in [5, 5.41) is 0. The van der Waals surface area contributed by atoms with Crippen LogP contribution in [0.1, 0.15) is 0 Å². The highest BCUT2D eigenvalue weighted by molar-refractivity contribution is 5.61. The third kappa shape index (κ3) is 2.82. The highest BCUT2D eigenvalue weighted by atomic mass is 16.5. The fraction of sp³-hybridized carbons (Fsp3) is 0.250. The van der Waals surface area contributed by atoms with E-state index in [1.807, 2.05) is 0 Å². The molecule has 7 heteroatoms. The molecule has 19 heavy (non-hydrogen) atoms. The molecule has 0 aliphatic heterocycles. The number of nitrogen functional groups attached to an aromatic ring is 1. The molecule has 1 heterocycles. The van der Waals surface area contributed by atoms with E-state index in [-0.39, 0.29) is 12.0 Å². The molecule has 0 saturated carbocycles. The average Bonchev–Trinajstić information content (AvgIpc) is 2.45. The zero-order valence-electron chi connectivity index (χ0n) is 10.9. The maximum Gasteiger partial charge on any atom is 0.321 e. The second-order valence-corrected chi connectivity index (χ2v) is 3.61. The molecule has 100 valence electrons. The summed E-state index contributed by atoms with van der Waals surface area (Å²) in [5.74, 6) is 1.74. The van der Waals surface area contributed by atoms with Crippen LogP contribution in [0.2, 0.25) is 0 Å². The normalized spacial score (nSPS) is 10.1.